The Bertz CT molecular complexity index is 449. The van der Waals surface area contributed by atoms with Gasteiger partial charge in [0.15, 0.2) is 0 Å². The fraction of sp³-hybridized carbons (Fsp3) is 0.562. The van der Waals surface area contributed by atoms with Gasteiger partial charge in [0.05, 0.1) is 5.60 Å². The summed E-state index contributed by atoms with van der Waals surface area (Å²) in [5.74, 6) is 0.492. The zero-order valence-corrected chi connectivity index (χ0v) is 12.3. The molecule has 0 heterocycles. The average Bonchev–Trinajstić information content (AvgIpc) is 2.81. The average molecular weight is 276 g/mol. The van der Waals surface area contributed by atoms with Crippen LogP contribution in [0.4, 0.5) is 5.69 Å². The Morgan fingerprint density at radius 2 is 2.20 bits per heavy atom. The number of carbonyl (C=O) groups excluding carboxylic acids is 1. The summed E-state index contributed by atoms with van der Waals surface area (Å²) in [6.07, 6.45) is 2.49. The van der Waals surface area contributed by atoms with E-state index in [0.717, 1.165) is 24.9 Å². The van der Waals surface area contributed by atoms with Gasteiger partial charge < -0.3 is 15.8 Å². The third-order valence-electron chi connectivity index (χ3n) is 4.02. The number of hydrogen-bond acceptors (Lipinski definition) is 3. The van der Waals surface area contributed by atoms with Crippen molar-refractivity contribution in [3.63, 3.8) is 0 Å². The quantitative estimate of drug-likeness (QED) is 0.868. The number of benzene rings is 1. The molecule has 0 aliphatic heterocycles. The van der Waals surface area contributed by atoms with Crippen molar-refractivity contribution in [2.75, 3.05) is 11.9 Å². The number of rotatable bonds is 5. The largest absolute Gasteiger partial charge is 0.361 e. The van der Waals surface area contributed by atoms with Gasteiger partial charge >= 0.3 is 0 Å². The molecule has 0 aromatic heterocycles. The van der Waals surface area contributed by atoms with Gasteiger partial charge in [-0.2, -0.15) is 0 Å². The van der Waals surface area contributed by atoms with Crippen molar-refractivity contribution in [1.29, 1.82) is 0 Å². The van der Waals surface area contributed by atoms with Crippen molar-refractivity contribution in [2.45, 2.75) is 44.8 Å². The standard InChI is InChI=1S/C16H24N2O2/c1-12-8-9-16(10-12,11-17)20-13(2)15(19)18-14-6-4-3-5-7-14/h3-7,12-13H,8-11,17H2,1-2H3,(H,18,19). The third-order valence-corrected chi connectivity index (χ3v) is 4.02. The molecular weight excluding hydrogens is 252 g/mol. The first-order valence-electron chi connectivity index (χ1n) is 7.28. The van der Waals surface area contributed by atoms with Crippen LogP contribution in [0.5, 0.6) is 0 Å². The molecule has 4 nitrogen and oxygen atoms in total. The smallest absolute Gasteiger partial charge is 0.253 e. The molecule has 2 rings (SSSR count). The number of carbonyl (C=O) groups is 1. The number of amides is 1. The zero-order chi connectivity index (χ0) is 14.6. The molecule has 1 aromatic rings. The Hall–Kier alpha value is -1.39. The van der Waals surface area contributed by atoms with E-state index in [4.69, 9.17) is 10.5 Å². The monoisotopic (exact) mass is 276 g/mol. The number of nitrogens with two attached hydrogens (primary N) is 1. The molecule has 0 saturated heterocycles. The molecule has 3 N–H and O–H groups in total. The summed E-state index contributed by atoms with van der Waals surface area (Å²) < 4.78 is 6.02. The summed E-state index contributed by atoms with van der Waals surface area (Å²) in [4.78, 5) is 12.2. The highest BCUT2D eigenvalue weighted by atomic mass is 16.5. The molecule has 0 radical (unpaired) electrons. The maximum absolute atomic E-state index is 12.2. The number of para-hydroxylation sites is 1. The summed E-state index contributed by atoms with van der Waals surface area (Å²) in [7, 11) is 0. The molecule has 1 aliphatic carbocycles. The van der Waals surface area contributed by atoms with Crippen LogP contribution in [0.15, 0.2) is 30.3 Å². The van der Waals surface area contributed by atoms with Gasteiger partial charge in [0.2, 0.25) is 0 Å². The fourth-order valence-corrected chi connectivity index (χ4v) is 2.88. The van der Waals surface area contributed by atoms with Crippen LogP contribution in [0.25, 0.3) is 0 Å². The van der Waals surface area contributed by atoms with Crippen LogP contribution in [0.1, 0.15) is 33.1 Å². The first-order chi connectivity index (χ1) is 9.54. The van der Waals surface area contributed by atoms with Crippen molar-refractivity contribution < 1.29 is 9.53 Å². The molecule has 0 bridgehead atoms. The van der Waals surface area contributed by atoms with Crippen LogP contribution < -0.4 is 11.1 Å². The minimum Gasteiger partial charge on any atom is -0.361 e. The molecule has 110 valence electrons. The normalized spacial score (nSPS) is 27.2. The van der Waals surface area contributed by atoms with Gasteiger partial charge in [0.1, 0.15) is 6.10 Å². The van der Waals surface area contributed by atoms with Crippen molar-refractivity contribution in [1.82, 2.24) is 0 Å². The second-order valence-corrected chi connectivity index (χ2v) is 5.85. The van der Waals surface area contributed by atoms with Crippen LogP contribution in [0.2, 0.25) is 0 Å². The number of anilines is 1. The van der Waals surface area contributed by atoms with Gasteiger partial charge in [-0.3, -0.25) is 4.79 Å². The Morgan fingerprint density at radius 1 is 1.50 bits per heavy atom. The van der Waals surface area contributed by atoms with E-state index in [-0.39, 0.29) is 11.5 Å². The number of ether oxygens (including phenoxy) is 1. The molecule has 1 fully saturated rings. The van der Waals surface area contributed by atoms with Gasteiger partial charge in [-0.05, 0) is 44.2 Å². The molecule has 1 amide bonds. The fourth-order valence-electron chi connectivity index (χ4n) is 2.88. The summed E-state index contributed by atoms with van der Waals surface area (Å²) >= 11 is 0. The SMILES string of the molecule is CC1CCC(CN)(OC(C)C(=O)Nc2ccccc2)C1. The second-order valence-electron chi connectivity index (χ2n) is 5.85. The van der Waals surface area contributed by atoms with Crippen LogP contribution in [0.3, 0.4) is 0 Å². The molecule has 1 saturated carbocycles. The molecule has 3 atom stereocenters. The van der Waals surface area contributed by atoms with Gasteiger partial charge in [-0.15, -0.1) is 0 Å². The molecule has 3 unspecified atom stereocenters. The van der Waals surface area contributed by atoms with Crippen LogP contribution in [-0.4, -0.2) is 24.2 Å². The van der Waals surface area contributed by atoms with E-state index in [1.807, 2.05) is 30.3 Å². The van der Waals surface area contributed by atoms with E-state index < -0.39 is 6.10 Å². The predicted molar refractivity (Wildman–Crippen MR) is 80.4 cm³/mol. The lowest BCUT2D eigenvalue weighted by Gasteiger charge is -2.31. The van der Waals surface area contributed by atoms with Gasteiger partial charge in [0.25, 0.3) is 5.91 Å². The predicted octanol–water partition coefficient (Wildman–Crippen LogP) is 2.55. The van der Waals surface area contributed by atoms with Crippen molar-refractivity contribution >= 4 is 11.6 Å². The van der Waals surface area contributed by atoms with Crippen molar-refractivity contribution in [3.8, 4) is 0 Å². The Balaban J connectivity index is 1.94. The summed E-state index contributed by atoms with van der Waals surface area (Å²) in [6, 6.07) is 9.42. The second kappa shape index (κ2) is 6.37. The summed E-state index contributed by atoms with van der Waals surface area (Å²) in [6.45, 7) is 4.47. The number of hydrogen-bond donors (Lipinski definition) is 2. The van der Waals surface area contributed by atoms with E-state index in [2.05, 4.69) is 12.2 Å². The molecule has 20 heavy (non-hydrogen) atoms. The van der Waals surface area contributed by atoms with Crippen molar-refractivity contribution in [3.05, 3.63) is 30.3 Å². The zero-order valence-electron chi connectivity index (χ0n) is 12.3. The lowest BCUT2D eigenvalue weighted by atomic mass is 10.0. The van der Waals surface area contributed by atoms with E-state index in [1.54, 1.807) is 6.92 Å². The van der Waals surface area contributed by atoms with Gasteiger partial charge in [-0.1, -0.05) is 25.1 Å². The minimum atomic E-state index is -0.496. The van der Waals surface area contributed by atoms with E-state index in [1.165, 1.54) is 0 Å². The molecule has 1 aliphatic rings. The van der Waals surface area contributed by atoms with Crippen molar-refractivity contribution in [2.24, 2.45) is 11.7 Å². The Kier molecular flexibility index (Phi) is 4.78. The van der Waals surface area contributed by atoms with E-state index in [9.17, 15) is 4.79 Å². The van der Waals surface area contributed by atoms with Crippen LogP contribution in [-0.2, 0) is 9.53 Å². The Morgan fingerprint density at radius 3 is 2.75 bits per heavy atom. The molecule has 1 aromatic carbocycles. The van der Waals surface area contributed by atoms with Gasteiger partial charge in [-0.25, -0.2) is 0 Å². The van der Waals surface area contributed by atoms with Gasteiger partial charge in [0, 0.05) is 12.2 Å². The van der Waals surface area contributed by atoms with E-state index >= 15 is 0 Å². The summed E-state index contributed by atoms with van der Waals surface area (Å²) in [5.41, 5.74) is 6.34. The number of nitrogens with one attached hydrogen (secondary N) is 1. The van der Waals surface area contributed by atoms with Crippen LogP contribution in [0, 0.1) is 5.92 Å². The highest BCUT2D eigenvalue weighted by molar-refractivity contribution is 5.93. The lowest BCUT2D eigenvalue weighted by molar-refractivity contribution is -0.139. The first kappa shape index (κ1) is 15.0. The third kappa shape index (κ3) is 3.58. The highest BCUT2D eigenvalue weighted by Crippen LogP contribution is 2.37. The maximum Gasteiger partial charge on any atom is 0.253 e. The van der Waals surface area contributed by atoms with Crippen LogP contribution >= 0.6 is 0 Å². The minimum absolute atomic E-state index is 0.122. The summed E-state index contributed by atoms with van der Waals surface area (Å²) in [5, 5.41) is 2.86. The molecule has 4 heteroatoms. The lowest BCUT2D eigenvalue weighted by Crippen LogP contribution is -2.44. The van der Waals surface area contributed by atoms with E-state index in [0.29, 0.717) is 12.5 Å². The highest BCUT2D eigenvalue weighted by Gasteiger charge is 2.39. The molecular formula is C16H24N2O2. The Labute approximate surface area is 120 Å². The maximum atomic E-state index is 12.2. The first-order valence-corrected chi connectivity index (χ1v) is 7.28. The molecule has 0 spiro atoms. The topological polar surface area (TPSA) is 64.3 Å².